The fraction of sp³-hybridized carbons (Fsp3) is 0.818. The molecule has 0 radical (unpaired) electrons. The number of nitrogens with zero attached hydrogens (tertiary/aromatic N) is 1. The number of hydrogen-bond acceptors (Lipinski definition) is 3. The highest BCUT2D eigenvalue weighted by Crippen LogP contribution is 2.24. The number of hydrogen-bond donors (Lipinski definition) is 2. The van der Waals surface area contributed by atoms with Crippen molar-refractivity contribution in [1.29, 1.82) is 0 Å². The maximum absolute atomic E-state index is 11.9. The lowest BCUT2D eigenvalue weighted by atomic mass is 9.91. The number of carbonyl (C=O) groups excluding carboxylic acids is 2. The molecule has 0 bridgehead atoms. The molecule has 1 aliphatic heterocycles. The molecule has 1 fully saturated rings. The molecule has 0 aromatic heterocycles. The molecule has 0 aromatic carbocycles. The van der Waals surface area contributed by atoms with Gasteiger partial charge in [-0.1, -0.05) is 20.8 Å². The van der Waals surface area contributed by atoms with Crippen LogP contribution < -0.4 is 5.73 Å². The molecule has 3 N–H and O–H groups in total. The second-order valence-electron chi connectivity index (χ2n) is 5.59. The van der Waals surface area contributed by atoms with Crippen LogP contribution in [0.1, 0.15) is 33.6 Å². The van der Waals surface area contributed by atoms with Gasteiger partial charge in [-0.05, 0) is 5.41 Å². The summed E-state index contributed by atoms with van der Waals surface area (Å²) in [4.78, 5) is 24.5. The van der Waals surface area contributed by atoms with Gasteiger partial charge >= 0.3 is 0 Å². The number of nitrogens with two attached hydrogens (primary N) is 1. The summed E-state index contributed by atoms with van der Waals surface area (Å²) in [7, 11) is 0. The molecule has 5 heteroatoms. The molecule has 0 aromatic rings. The Morgan fingerprint density at radius 1 is 1.44 bits per heavy atom. The number of amides is 2. The van der Waals surface area contributed by atoms with Crippen molar-refractivity contribution in [2.45, 2.75) is 45.8 Å². The van der Waals surface area contributed by atoms with E-state index < -0.39 is 18.1 Å². The van der Waals surface area contributed by atoms with Crippen LogP contribution in [0.5, 0.6) is 0 Å². The second kappa shape index (κ2) is 4.41. The van der Waals surface area contributed by atoms with Crippen molar-refractivity contribution in [3.05, 3.63) is 0 Å². The van der Waals surface area contributed by atoms with E-state index in [9.17, 15) is 14.7 Å². The van der Waals surface area contributed by atoms with E-state index in [-0.39, 0.29) is 24.3 Å². The quantitative estimate of drug-likeness (QED) is 0.690. The van der Waals surface area contributed by atoms with E-state index in [0.29, 0.717) is 6.42 Å². The number of primary amides is 1. The fourth-order valence-electron chi connectivity index (χ4n) is 1.91. The zero-order chi connectivity index (χ0) is 12.5. The molecule has 2 atom stereocenters. The summed E-state index contributed by atoms with van der Waals surface area (Å²) < 4.78 is 0. The van der Waals surface area contributed by atoms with Crippen molar-refractivity contribution in [2.75, 3.05) is 6.54 Å². The van der Waals surface area contributed by atoms with E-state index in [4.69, 9.17) is 5.73 Å². The van der Waals surface area contributed by atoms with Crippen LogP contribution in [0.4, 0.5) is 0 Å². The highest BCUT2D eigenvalue weighted by molar-refractivity contribution is 5.87. The predicted octanol–water partition coefficient (Wildman–Crippen LogP) is -0.130. The van der Waals surface area contributed by atoms with Gasteiger partial charge in [0.2, 0.25) is 11.8 Å². The number of likely N-dealkylation sites (tertiary alicyclic amines) is 1. The van der Waals surface area contributed by atoms with Crippen molar-refractivity contribution in [1.82, 2.24) is 4.90 Å². The van der Waals surface area contributed by atoms with Crippen LogP contribution in [-0.2, 0) is 9.59 Å². The van der Waals surface area contributed by atoms with Gasteiger partial charge in [0, 0.05) is 19.4 Å². The molecule has 0 spiro atoms. The Bertz CT molecular complexity index is 296. The van der Waals surface area contributed by atoms with Gasteiger partial charge < -0.3 is 15.7 Å². The first kappa shape index (κ1) is 13.0. The number of rotatable bonds is 2. The first-order valence-electron chi connectivity index (χ1n) is 5.47. The Balaban J connectivity index is 2.71. The van der Waals surface area contributed by atoms with Gasteiger partial charge in [-0.3, -0.25) is 9.59 Å². The number of carbonyl (C=O) groups is 2. The minimum absolute atomic E-state index is 0.118. The van der Waals surface area contributed by atoms with Gasteiger partial charge in [-0.15, -0.1) is 0 Å². The lowest BCUT2D eigenvalue weighted by Crippen LogP contribution is -2.44. The summed E-state index contributed by atoms with van der Waals surface area (Å²) in [6.45, 7) is 6.08. The van der Waals surface area contributed by atoms with Gasteiger partial charge in [-0.25, -0.2) is 0 Å². The Morgan fingerprint density at radius 3 is 2.44 bits per heavy atom. The Labute approximate surface area is 95.6 Å². The molecule has 2 amide bonds. The van der Waals surface area contributed by atoms with Crippen molar-refractivity contribution < 1.29 is 14.7 Å². The van der Waals surface area contributed by atoms with Crippen LogP contribution in [0.25, 0.3) is 0 Å². The van der Waals surface area contributed by atoms with Crippen LogP contribution in [0.15, 0.2) is 0 Å². The molecular formula is C11H20N2O3. The fourth-order valence-corrected chi connectivity index (χ4v) is 1.91. The van der Waals surface area contributed by atoms with Gasteiger partial charge in [0.1, 0.15) is 6.04 Å². The van der Waals surface area contributed by atoms with Gasteiger partial charge in [0.25, 0.3) is 0 Å². The maximum atomic E-state index is 11.9. The van der Waals surface area contributed by atoms with Crippen LogP contribution in [0.2, 0.25) is 0 Å². The molecule has 1 unspecified atom stereocenters. The highest BCUT2D eigenvalue weighted by atomic mass is 16.3. The van der Waals surface area contributed by atoms with Crippen molar-refractivity contribution in [3.8, 4) is 0 Å². The van der Waals surface area contributed by atoms with E-state index in [0.717, 1.165) is 0 Å². The predicted molar refractivity (Wildman–Crippen MR) is 59.4 cm³/mol. The van der Waals surface area contributed by atoms with Crippen LogP contribution >= 0.6 is 0 Å². The first-order chi connectivity index (χ1) is 7.20. The van der Waals surface area contributed by atoms with E-state index in [1.54, 1.807) is 0 Å². The number of aliphatic hydroxyl groups excluding tert-OH is 1. The van der Waals surface area contributed by atoms with E-state index in [1.165, 1.54) is 4.90 Å². The number of β-amino-alcohol motifs (C(OH)–C–C–N with tert-alkyl or cyclic N) is 1. The van der Waals surface area contributed by atoms with Gasteiger partial charge in [0.05, 0.1) is 6.10 Å². The zero-order valence-electron chi connectivity index (χ0n) is 10.1. The molecule has 1 aliphatic rings. The second-order valence-corrected chi connectivity index (χ2v) is 5.59. The van der Waals surface area contributed by atoms with Crippen molar-refractivity contribution in [3.63, 3.8) is 0 Å². The lowest BCUT2D eigenvalue weighted by Gasteiger charge is -2.26. The molecule has 16 heavy (non-hydrogen) atoms. The van der Waals surface area contributed by atoms with E-state index in [2.05, 4.69) is 0 Å². The minimum Gasteiger partial charge on any atom is -0.391 e. The van der Waals surface area contributed by atoms with E-state index >= 15 is 0 Å². The van der Waals surface area contributed by atoms with E-state index in [1.807, 2.05) is 20.8 Å². The third-order valence-electron chi connectivity index (χ3n) is 2.61. The first-order valence-corrected chi connectivity index (χ1v) is 5.47. The molecule has 1 saturated heterocycles. The molecule has 1 rings (SSSR count). The van der Waals surface area contributed by atoms with Gasteiger partial charge in [-0.2, -0.15) is 0 Å². The summed E-state index contributed by atoms with van der Waals surface area (Å²) in [5, 5.41) is 9.46. The summed E-state index contributed by atoms with van der Waals surface area (Å²) in [5.41, 5.74) is 5.08. The smallest absolute Gasteiger partial charge is 0.240 e. The molecule has 1 heterocycles. The highest BCUT2D eigenvalue weighted by Gasteiger charge is 2.38. The van der Waals surface area contributed by atoms with Crippen molar-refractivity contribution in [2.24, 2.45) is 11.1 Å². The van der Waals surface area contributed by atoms with Crippen LogP contribution in [0.3, 0.4) is 0 Å². The van der Waals surface area contributed by atoms with Crippen molar-refractivity contribution >= 4 is 11.8 Å². The molecule has 5 nitrogen and oxygen atoms in total. The lowest BCUT2D eigenvalue weighted by molar-refractivity contribution is -0.138. The summed E-state index contributed by atoms with van der Waals surface area (Å²) in [6.07, 6.45) is -0.0317. The van der Waals surface area contributed by atoms with Gasteiger partial charge in [0.15, 0.2) is 0 Å². The Morgan fingerprint density at radius 2 is 2.00 bits per heavy atom. The average Bonchev–Trinajstić information content (AvgIpc) is 2.44. The minimum atomic E-state index is -0.648. The molecule has 0 aliphatic carbocycles. The molecule has 0 saturated carbocycles. The Kier molecular flexibility index (Phi) is 3.57. The Hall–Kier alpha value is -1.10. The molecule has 92 valence electrons. The molecular weight excluding hydrogens is 208 g/mol. The standard InChI is InChI=1S/C11H20N2O3/c1-11(2,3)5-9(15)13-6-7(14)4-8(13)10(12)16/h7-8,14H,4-6H2,1-3H3,(H2,12,16)/t7?,8-/m0/s1. The summed E-state index contributed by atoms with van der Waals surface area (Å²) in [6, 6.07) is -0.648. The maximum Gasteiger partial charge on any atom is 0.240 e. The topological polar surface area (TPSA) is 83.6 Å². The largest absolute Gasteiger partial charge is 0.391 e. The van der Waals surface area contributed by atoms with Crippen LogP contribution in [-0.4, -0.2) is 40.5 Å². The monoisotopic (exact) mass is 228 g/mol. The average molecular weight is 228 g/mol. The summed E-state index contributed by atoms with van der Waals surface area (Å²) in [5.74, 6) is -0.661. The zero-order valence-corrected chi connectivity index (χ0v) is 10.1. The summed E-state index contributed by atoms with van der Waals surface area (Å²) >= 11 is 0. The SMILES string of the molecule is CC(C)(C)CC(=O)N1CC(O)C[C@H]1C(N)=O. The third-order valence-corrected chi connectivity index (χ3v) is 2.61. The van der Waals surface area contributed by atoms with Crippen LogP contribution in [0, 0.1) is 5.41 Å². The number of aliphatic hydroxyl groups is 1. The third kappa shape index (κ3) is 3.20. The normalized spacial score (nSPS) is 25.9.